The van der Waals surface area contributed by atoms with E-state index in [0.717, 1.165) is 70.6 Å². The highest BCUT2D eigenvalue weighted by Gasteiger charge is 2.33. The topological polar surface area (TPSA) is 97.4 Å². The number of esters is 2. The molecule has 1 aliphatic heterocycles. The first kappa shape index (κ1) is 48.9. The second-order valence-corrected chi connectivity index (χ2v) is 16.4. The van der Waals surface area contributed by atoms with Gasteiger partial charge in [0.25, 0.3) is 0 Å². The summed E-state index contributed by atoms with van der Waals surface area (Å²) in [6.45, 7) is -0.420. The van der Waals surface area contributed by atoms with Crippen LogP contribution in [-0.2, 0) is 37.2 Å². The van der Waals surface area contributed by atoms with E-state index in [4.69, 9.17) is 23.0 Å². The van der Waals surface area contributed by atoms with Gasteiger partial charge >= 0.3 is 19.8 Å². The van der Waals surface area contributed by atoms with Crippen molar-refractivity contribution in [3.05, 3.63) is 0 Å². The first-order valence-corrected chi connectivity index (χ1v) is 23.0. The predicted octanol–water partition coefficient (Wildman–Crippen LogP) is 13.0. The molecule has 0 saturated carbocycles. The summed E-state index contributed by atoms with van der Waals surface area (Å²) < 4.78 is 63.1. The Morgan fingerprint density at radius 1 is 0.462 bits per heavy atom. The molecule has 1 aliphatic rings. The number of hydrogen-bond donors (Lipinski definition) is 0. The van der Waals surface area contributed by atoms with Crippen LogP contribution in [0.2, 0.25) is 0 Å². The molecule has 1 heterocycles. The lowest BCUT2D eigenvalue weighted by molar-refractivity contribution is -0.161. The molecule has 0 aromatic heterocycles. The molecule has 0 radical (unpaired) electrons. The maximum absolute atomic E-state index is 12.6. The van der Waals surface area contributed by atoms with Crippen LogP contribution in [0.25, 0.3) is 0 Å². The number of rotatable bonds is 40. The van der Waals surface area contributed by atoms with Gasteiger partial charge < -0.3 is 9.47 Å². The minimum atomic E-state index is -3.67. The van der Waals surface area contributed by atoms with Crippen LogP contribution in [0.15, 0.2) is 0 Å². The number of hydrogen-bond acceptors (Lipinski definition) is 8. The van der Waals surface area contributed by atoms with Crippen LogP contribution >= 0.6 is 7.82 Å². The van der Waals surface area contributed by atoms with Crippen LogP contribution in [0.3, 0.4) is 0 Å². The van der Waals surface area contributed by atoms with E-state index in [2.05, 4.69) is 0 Å². The molecule has 0 aromatic rings. The first-order chi connectivity index (χ1) is 25.5. The lowest BCUT2D eigenvalue weighted by Gasteiger charge is -2.19. The van der Waals surface area contributed by atoms with Gasteiger partial charge in [0, 0.05) is 12.8 Å². The van der Waals surface area contributed by atoms with Gasteiger partial charge in [-0.3, -0.25) is 31.9 Å². The number of alkyl halides is 2. The van der Waals surface area contributed by atoms with Gasteiger partial charge in [-0.25, -0.2) is 4.57 Å². The predicted molar refractivity (Wildman–Crippen MR) is 206 cm³/mol. The summed E-state index contributed by atoms with van der Waals surface area (Å²) in [6, 6.07) is 0. The monoisotopic (exact) mass is 767 g/mol. The van der Waals surface area contributed by atoms with E-state index in [1.807, 2.05) is 0 Å². The zero-order valence-electron chi connectivity index (χ0n) is 32.9. The Balaban J connectivity index is 2.09. The normalized spacial score (nSPS) is 14.5. The summed E-state index contributed by atoms with van der Waals surface area (Å²) in [4.78, 5) is 25.0. The maximum atomic E-state index is 12.6. The Hall–Kier alpha value is -1.09. The van der Waals surface area contributed by atoms with Crippen molar-refractivity contribution >= 4 is 19.8 Å². The molecule has 0 N–H and O–H groups in total. The van der Waals surface area contributed by atoms with Gasteiger partial charge in [-0.1, -0.05) is 167 Å². The van der Waals surface area contributed by atoms with Gasteiger partial charge in [-0.05, 0) is 25.7 Å². The Bertz CT molecular complexity index is 855. The fourth-order valence-electron chi connectivity index (χ4n) is 6.53. The van der Waals surface area contributed by atoms with E-state index >= 15 is 0 Å². The molecule has 1 saturated heterocycles. The SMILES string of the molecule is O=C(CCCCCCCCCCCCCCCCCF)OCC(COP1(=O)OCCO1)OC(=O)CCCCCCCCCCCCCCCCCF. The fourth-order valence-corrected chi connectivity index (χ4v) is 7.70. The molecule has 308 valence electrons. The van der Waals surface area contributed by atoms with E-state index < -0.39 is 13.9 Å². The van der Waals surface area contributed by atoms with E-state index in [-0.39, 0.29) is 58.1 Å². The Labute approximate surface area is 316 Å². The van der Waals surface area contributed by atoms with E-state index in [0.29, 0.717) is 19.3 Å². The van der Waals surface area contributed by atoms with Gasteiger partial charge in [-0.2, -0.15) is 0 Å². The summed E-state index contributed by atoms with van der Waals surface area (Å²) >= 11 is 0. The number of halogens is 2. The smallest absolute Gasteiger partial charge is 0.462 e. The number of carbonyl (C=O) groups is 2. The maximum Gasteiger partial charge on any atom is 0.475 e. The van der Waals surface area contributed by atoms with Gasteiger partial charge in [0.2, 0.25) is 0 Å². The van der Waals surface area contributed by atoms with Crippen LogP contribution < -0.4 is 0 Å². The average molecular weight is 767 g/mol. The molecule has 1 atom stereocenters. The molecule has 1 fully saturated rings. The Kier molecular flexibility index (Phi) is 34.7. The minimum absolute atomic E-state index is 0.163. The van der Waals surface area contributed by atoms with Crippen LogP contribution in [0, 0.1) is 0 Å². The quantitative estimate of drug-likeness (QED) is 0.0345. The minimum Gasteiger partial charge on any atom is -0.462 e. The summed E-state index contributed by atoms with van der Waals surface area (Å²) in [6.07, 6.45) is 33.7. The van der Waals surface area contributed by atoms with Crippen LogP contribution in [0.4, 0.5) is 8.78 Å². The molecule has 0 aromatic carbocycles. The molecule has 11 heteroatoms. The summed E-state index contributed by atoms with van der Waals surface area (Å²) in [5, 5.41) is 0. The van der Waals surface area contributed by atoms with Crippen LogP contribution in [-0.4, -0.2) is 57.8 Å². The third kappa shape index (κ3) is 32.3. The highest BCUT2D eigenvalue weighted by molar-refractivity contribution is 7.48. The standard InChI is InChI=1S/C41H77F2O8P/c42-33-29-25-21-17-13-9-5-1-3-7-11-15-19-23-27-31-40(44)47-37-39(38-50-52(46)48-35-36-49-52)51-41(45)32-28-24-20-16-12-8-4-2-6-10-14-18-22-26-30-34-43/h39H,1-38H2. The third-order valence-corrected chi connectivity index (χ3v) is 11.2. The van der Waals surface area contributed by atoms with Crippen molar-refractivity contribution in [1.82, 2.24) is 0 Å². The lowest BCUT2D eigenvalue weighted by atomic mass is 10.0. The van der Waals surface area contributed by atoms with Gasteiger partial charge in [0.15, 0.2) is 6.10 Å². The van der Waals surface area contributed by atoms with Gasteiger partial charge in [0.05, 0.1) is 33.2 Å². The van der Waals surface area contributed by atoms with E-state index in [9.17, 15) is 22.9 Å². The molecule has 0 bridgehead atoms. The summed E-state index contributed by atoms with van der Waals surface area (Å²) in [7, 11) is -3.67. The van der Waals surface area contributed by atoms with Crippen LogP contribution in [0.1, 0.15) is 205 Å². The Morgan fingerprint density at radius 2 is 0.769 bits per heavy atom. The zero-order chi connectivity index (χ0) is 37.6. The molecule has 52 heavy (non-hydrogen) atoms. The molecular weight excluding hydrogens is 689 g/mol. The summed E-state index contributed by atoms with van der Waals surface area (Å²) in [5.41, 5.74) is 0. The number of ether oxygens (including phenoxy) is 2. The molecule has 1 unspecified atom stereocenters. The van der Waals surface area contributed by atoms with Crippen LogP contribution in [0.5, 0.6) is 0 Å². The largest absolute Gasteiger partial charge is 0.475 e. The molecule has 1 rings (SSSR count). The van der Waals surface area contributed by atoms with Crippen molar-refractivity contribution in [2.24, 2.45) is 0 Å². The molecule has 0 aliphatic carbocycles. The van der Waals surface area contributed by atoms with Crippen molar-refractivity contribution in [2.75, 3.05) is 39.8 Å². The van der Waals surface area contributed by atoms with E-state index in [1.165, 1.54) is 109 Å². The number of unbranched alkanes of at least 4 members (excludes halogenated alkanes) is 28. The van der Waals surface area contributed by atoms with Crippen molar-refractivity contribution in [3.63, 3.8) is 0 Å². The highest BCUT2D eigenvalue weighted by atomic mass is 31.2. The molecular formula is C41H77F2O8P. The van der Waals surface area contributed by atoms with Gasteiger partial charge in [0.1, 0.15) is 6.61 Å². The number of phosphoric ester groups is 1. The molecule has 0 amide bonds. The first-order valence-electron chi connectivity index (χ1n) is 21.5. The third-order valence-electron chi connectivity index (χ3n) is 9.76. The van der Waals surface area contributed by atoms with Gasteiger partial charge in [-0.15, -0.1) is 0 Å². The zero-order valence-corrected chi connectivity index (χ0v) is 33.8. The molecule has 0 spiro atoms. The summed E-state index contributed by atoms with van der Waals surface area (Å²) in [5.74, 6) is -0.731. The average Bonchev–Trinajstić information content (AvgIpc) is 3.58. The highest BCUT2D eigenvalue weighted by Crippen LogP contribution is 2.52. The second-order valence-electron chi connectivity index (χ2n) is 14.7. The van der Waals surface area contributed by atoms with E-state index in [1.54, 1.807) is 0 Å². The second kappa shape index (κ2) is 36.9. The Morgan fingerprint density at radius 3 is 1.12 bits per heavy atom. The lowest BCUT2D eigenvalue weighted by Crippen LogP contribution is -2.29. The number of phosphoric acid groups is 1. The molecule has 8 nitrogen and oxygen atoms in total. The van der Waals surface area contributed by atoms with Crippen molar-refractivity contribution < 1.29 is 46.0 Å². The van der Waals surface area contributed by atoms with Crippen molar-refractivity contribution in [2.45, 2.75) is 212 Å². The van der Waals surface area contributed by atoms with Crippen molar-refractivity contribution in [1.29, 1.82) is 0 Å². The van der Waals surface area contributed by atoms with Crippen molar-refractivity contribution in [3.8, 4) is 0 Å². The number of carbonyl (C=O) groups excluding carboxylic acids is 2. The fraction of sp³-hybridized carbons (Fsp3) is 0.951.